The van der Waals surface area contributed by atoms with E-state index in [1.54, 1.807) is 0 Å². The number of aromatic nitrogens is 1. The molecule has 1 aliphatic rings. The molecule has 1 fully saturated rings. The van der Waals surface area contributed by atoms with Gasteiger partial charge in [0.15, 0.2) is 0 Å². The van der Waals surface area contributed by atoms with Gasteiger partial charge in [0.05, 0.1) is 4.70 Å². The molecule has 2 aromatic rings. The monoisotopic (exact) mass is 347 g/mol. The predicted octanol–water partition coefficient (Wildman–Crippen LogP) is 1.49. The Balaban J connectivity index is 1.77. The Morgan fingerprint density at radius 3 is 2.92 bits per heavy atom. The number of carbonyl (C=O) groups is 3. The summed E-state index contributed by atoms with van der Waals surface area (Å²) in [5.41, 5.74) is 0.303. The predicted molar refractivity (Wildman–Crippen MR) is 88.9 cm³/mol. The van der Waals surface area contributed by atoms with E-state index in [0.717, 1.165) is 22.9 Å². The lowest BCUT2D eigenvalue weighted by atomic mass is 10.1. The van der Waals surface area contributed by atoms with Gasteiger partial charge in [-0.25, -0.2) is 0 Å². The zero-order valence-corrected chi connectivity index (χ0v) is 13.7. The smallest absolute Gasteiger partial charge is 0.323 e. The number of hydrogen-bond acceptors (Lipinski definition) is 5. The number of nitrogens with one attached hydrogen (secondary N) is 1. The first-order chi connectivity index (χ1) is 11.6. The number of carboxylic acid groups (broad SMARTS) is 1. The molecule has 1 atom stereocenters. The van der Waals surface area contributed by atoms with Gasteiger partial charge in [-0.2, -0.15) is 4.37 Å². The van der Waals surface area contributed by atoms with E-state index >= 15 is 0 Å². The van der Waals surface area contributed by atoms with E-state index in [2.05, 4.69) is 9.69 Å². The van der Waals surface area contributed by atoms with Gasteiger partial charge >= 0.3 is 5.97 Å². The van der Waals surface area contributed by atoms with Gasteiger partial charge in [0.2, 0.25) is 5.91 Å². The van der Waals surface area contributed by atoms with Crippen molar-refractivity contribution in [3.05, 3.63) is 30.0 Å². The van der Waals surface area contributed by atoms with Gasteiger partial charge in [-0.3, -0.25) is 14.4 Å². The van der Waals surface area contributed by atoms with Crippen LogP contribution in [-0.4, -0.2) is 51.3 Å². The van der Waals surface area contributed by atoms with Gasteiger partial charge in [0.25, 0.3) is 5.91 Å². The normalized spacial score (nSPS) is 18.4. The van der Waals surface area contributed by atoms with Crippen LogP contribution < -0.4 is 5.32 Å². The number of rotatable bonds is 4. The van der Waals surface area contributed by atoms with Crippen LogP contribution in [0, 0.1) is 0 Å². The fraction of sp³-hybridized carbons (Fsp3) is 0.375. The number of aliphatic carboxylic acids is 1. The van der Waals surface area contributed by atoms with Gasteiger partial charge in [0, 0.05) is 11.9 Å². The highest BCUT2D eigenvalue weighted by atomic mass is 32.1. The third-order valence-corrected chi connectivity index (χ3v) is 4.83. The second kappa shape index (κ2) is 6.96. The van der Waals surface area contributed by atoms with E-state index in [1.807, 2.05) is 24.3 Å². The molecule has 0 radical (unpaired) electrons. The van der Waals surface area contributed by atoms with Crippen molar-refractivity contribution in [3.63, 3.8) is 0 Å². The molecule has 0 spiro atoms. The Morgan fingerprint density at radius 2 is 2.12 bits per heavy atom. The van der Waals surface area contributed by atoms with Gasteiger partial charge < -0.3 is 15.3 Å². The molecule has 1 aliphatic heterocycles. The summed E-state index contributed by atoms with van der Waals surface area (Å²) in [4.78, 5) is 37.2. The van der Waals surface area contributed by atoms with Crippen LogP contribution in [-0.2, 0) is 9.59 Å². The maximum absolute atomic E-state index is 12.5. The molecule has 1 aromatic carbocycles. The van der Waals surface area contributed by atoms with Crippen molar-refractivity contribution in [2.45, 2.75) is 25.3 Å². The van der Waals surface area contributed by atoms with Crippen LogP contribution in [0.15, 0.2) is 24.3 Å². The largest absolute Gasteiger partial charge is 0.480 e. The maximum atomic E-state index is 12.5. The highest BCUT2D eigenvalue weighted by molar-refractivity contribution is 7.13. The zero-order chi connectivity index (χ0) is 17.1. The average Bonchev–Trinajstić information content (AvgIpc) is 2.92. The molecule has 24 heavy (non-hydrogen) atoms. The number of benzene rings is 1. The van der Waals surface area contributed by atoms with Crippen molar-refractivity contribution in [1.82, 2.24) is 14.6 Å². The lowest BCUT2D eigenvalue weighted by Gasteiger charge is -2.23. The van der Waals surface area contributed by atoms with E-state index in [4.69, 9.17) is 5.11 Å². The highest BCUT2D eigenvalue weighted by Crippen LogP contribution is 2.22. The Hall–Kier alpha value is -2.48. The fourth-order valence-electron chi connectivity index (χ4n) is 2.84. The molecule has 2 heterocycles. The van der Waals surface area contributed by atoms with Crippen molar-refractivity contribution >= 4 is 39.4 Å². The molecule has 1 unspecified atom stereocenters. The summed E-state index contributed by atoms with van der Waals surface area (Å²) in [6.45, 7) is 0.0575. The van der Waals surface area contributed by atoms with Crippen molar-refractivity contribution in [3.8, 4) is 0 Å². The minimum Gasteiger partial charge on any atom is -0.480 e. The quantitative estimate of drug-likeness (QED) is 0.873. The number of amides is 2. The maximum Gasteiger partial charge on any atom is 0.323 e. The number of hydrogen-bond donors (Lipinski definition) is 2. The van der Waals surface area contributed by atoms with Crippen LogP contribution in [0.5, 0.6) is 0 Å². The SMILES string of the molecule is O=C(O)CN1CCCCC(NC(=O)c2nsc3ccccc23)C1=O. The topological polar surface area (TPSA) is 99.6 Å². The Morgan fingerprint density at radius 1 is 1.33 bits per heavy atom. The van der Waals surface area contributed by atoms with Crippen molar-refractivity contribution < 1.29 is 19.5 Å². The van der Waals surface area contributed by atoms with Crippen LogP contribution in [0.4, 0.5) is 0 Å². The number of nitrogens with zero attached hydrogens (tertiary/aromatic N) is 2. The second-order valence-electron chi connectivity index (χ2n) is 5.70. The van der Waals surface area contributed by atoms with Crippen LogP contribution in [0.2, 0.25) is 0 Å². The van der Waals surface area contributed by atoms with Gasteiger partial charge in [-0.1, -0.05) is 18.2 Å². The first-order valence-corrected chi connectivity index (χ1v) is 8.49. The summed E-state index contributed by atoms with van der Waals surface area (Å²) in [6, 6.07) is 6.70. The first-order valence-electron chi connectivity index (χ1n) is 7.72. The lowest BCUT2D eigenvalue weighted by molar-refractivity contribution is -0.144. The molecule has 3 rings (SSSR count). The number of carboxylic acids is 1. The minimum absolute atomic E-state index is 0.303. The summed E-state index contributed by atoms with van der Waals surface area (Å²) >= 11 is 1.23. The van der Waals surface area contributed by atoms with Gasteiger partial charge in [0.1, 0.15) is 18.3 Å². The van der Waals surface area contributed by atoms with E-state index in [0.29, 0.717) is 18.7 Å². The Bertz CT molecular complexity index is 788. The number of carbonyl (C=O) groups excluding carboxylic acids is 2. The third kappa shape index (κ3) is 3.38. The molecule has 1 saturated heterocycles. The minimum atomic E-state index is -1.05. The average molecular weight is 347 g/mol. The third-order valence-electron chi connectivity index (χ3n) is 4.00. The fourth-order valence-corrected chi connectivity index (χ4v) is 3.61. The Kier molecular flexibility index (Phi) is 4.75. The van der Waals surface area contributed by atoms with E-state index < -0.39 is 17.9 Å². The molecule has 0 saturated carbocycles. The van der Waals surface area contributed by atoms with Crippen molar-refractivity contribution in [1.29, 1.82) is 0 Å². The van der Waals surface area contributed by atoms with Gasteiger partial charge in [-0.15, -0.1) is 0 Å². The van der Waals surface area contributed by atoms with Crippen LogP contribution in [0.25, 0.3) is 10.1 Å². The molecular formula is C16H17N3O4S. The standard InChI is InChI=1S/C16H17N3O4S/c20-13(21)9-19-8-4-3-6-11(16(19)23)17-15(22)14-10-5-1-2-7-12(10)24-18-14/h1-2,5,7,11H,3-4,6,8-9H2,(H,17,22)(H,20,21). The van der Waals surface area contributed by atoms with Crippen molar-refractivity contribution in [2.24, 2.45) is 0 Å². The number of fused-ring (bicyclic) bond motifs is 1. The van der Waals surface area contributed by atoms with E-state index in [9.17, 15) is 14.4 Å². The summed E-state index contributed by atoms with van der Waals surface area (Å²) in [5.74, 6) is -1.80. The lowest BCUT2D eigenvalue weighted by Crippen LogP contribution is -2.48. The molecule has 7 nitrogen and oxygen atoms in total. The second-order valence-corrected chi connectivity index (χ2v) is 6.51. The molecule has 0 aliphatic carbocycles. The summed E-state index contributed by atoms with van der Waals surface area (Å²) < 4.78 is 5.09. The van der Waals surface area contributed by atoms with E-state index in [1.165, 1.54) is 16.4 Å². The summed E-state index contributed by atoms with van der Waals surface area (Å²) in [6.07, 6.45) is 1.98. The number of likely N-dealkylation sites (tertiary alicyclic amines) is 1. The molecule has 126 valence electrons. The van der Waals surface area contributed by atoms with Gasteiger partial charge in [-0.05, 0) is 36.9 Å². The summed E-state index contributed by atoms with van der Waals surface area (Å²) in [7, 11) is 0. The van der Waals surface area contributed by atoms with Crippen LogP contribution >= 0.6 is 11.5 Å². The van der Waals surface area contributed by atoms with Crippen LogP contribution in [0.3, 0.4) is 0 Å². The summed E-state index contributed by atoms with van der Waals surface area (Å²) in [5, 5.41) is 12.4. The Labute approximate surface area is 142 Å². The van der Waals surface area contributed by atoms with E-state index in [-0.39, 0.29) is 12.5 Å². The van der Waals surface area contributed by atoms with Crippen LogP contribution in [0.1, 0.15) is 29.8 Å². The highest BCUT2D eigenvalue weighted by Gasteiger charge is 2.30. The molecule has 2 N–H and O–H groups in total. The molecule has 2 amide bonds. The van der Waals surface area contributed by atoms with Crippen molar-refractivity contribution in [2.75, 3.05) is 13.1 Å². The molecule has 0 bridgehead atoms. The zero-order valence-electron chi connectivity index (χ0n) is 12.9. The molecular weight excluding hydrogens is 330 g/mol. The molecule has 1 aromatic heterocycles. The first kappa shape index (κ1) is 16.4. The molecule has 8 heteroatoms.